The highest BCUT2D eigenvalue weighted by atomic mass is 35.5. The lowest BCUT2D eigenvalue weighted by molar-refractivity contribution is 0.0698. The fourth-order valence-electron chi connectivity index (χ4n) is 1.50. The molecule has 4 heteroatoms. The van der Waals surface area contributed by atoms with E-state index in [9.17, 15) is 9.90 Å². The van der Waals surface area contributed by atoms with E-state index < -0.39 is 5.97 Å². The lowest BCUT2D eigenvalue weighted by Crippen LogP contribution is -1.97. The number of halogens is 1. The molecule has 15 heavy (non-hydrogen) atoms. The number of carboxylic acids is 1. The number of carboxylic acid groups (broad SMARTS) is 1. The number of benzene rings is 2. The van der Waals surface area contributed by atoms with Crippen molar-refractivity contribution >= 4 is 28.3 Å². The molecule has 0 radical (unpaired) electrons. The maximum atomic E-state index is 10.9. The average Bonchev–Trinajstić information content (AvgIpc) is 2.23. The molecule has 2 N–H and O–H groups in total. The van der Waals surface area contributed by atoms with Gasteiger partial charge in [-0.1, -0.05) is 35.9 Å². The molecule has 0 aliphatic carbocycles. The van der Waals surface area contributed by atoms with Crippen molar-refractivity contribution in [2.24, 2.45) is 0 Å². The van der Waals surface area contributed by atoms with Crippen LogP contribution >= 0.6 is 11.6 Å². The van der Waals surface area contributed by atoms with Crippen LogP contribution in [0.25, 0.3) is 10.8 Å². The summed E-state index contributed by atoms with van der Waals surface area (Å²) < 4.78 is 0. The maximum Gasteiger partial charge on any atom is 0.336 e. The van der Waals surface area contributed by atoms with Crippen molar-refractivity contribution in [1.82, 2.24) is 0 Å². The van der Waals surface area contributed by atoms with Gasteiger partial charge in [0.1, 0.15) is 5.75 Å². The zero-order valence-electron chi connectivity index (χ0n) is 7.57. The lowest BCUT2D eigenvalue weighted by atomic mass is 10.0. The van der Waals surface area contributed by atoms with Crippen LogP contribution in [0.3, 0.4) is 0 Å². The quantitative estimate of drug-likeness (QED) is 0.780. The number of hydrogen-bond acceptors (Lipinski definition) is 2. The fraction of sp³-hybridized carbons (Fsp3) is 0. The van der Waals surface area contributed by atoms with Gasteiger partial charge in [0, 0.05) is 5.39 Å². The minimum Gasteiger partial charge on any atom is -0.506 e. The van der Waals surface area contributed by atoms with Crippen molar-refractivity contribution < 1.29 is 15.0 Å². The highest BCUT2D eigenvalue weighted by Crippen LogP contribution is 2.34. The Morgan fingerprint density at radius 1 is 1.20 bits per heavy atom. The molecule has 2 aromatic rings. The third-order valence-electron chi connectivity index (χ3n) is 2.19. The molecule has 0 fully saturated rings. The molecule has 2 rings (SSSR count). The Morgan fingerprint density at radius 2 is 1.80 bits per heavy atom. The monoisotopic (exact) mass is 222 g/mol. The average molecular weight is 223 g/mol. The summed E-state index contributed by atoms with van der Waals surface area (Å²) in [6.45, 7) is 0. The summed E-state index contributed by atoms with van der Waals surface area (Å²) in [5.41, 5.74) is 0.0486. The molecule has 2 aromatic carbocycles. The van der Waals surface area contributed by atoms with E-state index in [1.54, 1.807) is 24.3 Å². The molecule has 0 amide bonds. The number of aromatic carboxylic acids is 1. The van der Waals surface area contributed by atoms with E-state index in [-0.39, 0.29) is 16.3 Å². The molecule has 0 aromatic heterocycles. The smallest absolute Gasteiger partial charge is 0.336 e. The maximum absolute atomic E-state index is 10.9. The SMILES string of the molecule is O=C(O)c1cc(O)c(Cl)c2ccccc12. The Morgan fingerprint density at radius 3 is 2.40 bits per heavy atom. The normalized spacial score (nSPS) is 10.5. The third kappa shape index (κ3) is 1.51. The summed E-state index contributed by atoms with van der Waals surface area (Å²) in [7, 11) is 0. The Labute approximate surface area is 90.5 Å². The molecule has 76 valence electrons. The minimum atomic E-state index is -1.09. The summed E-state index contributed by atoms with van der Waals surface area (Å²) >= 11 is 5.86. The minimum absolute atomic E-state index is 0.0486. The standard InChI is InChI=1S/C11H7ClO3/c12-10-7-4-2-1-3-6(7)8(11(14)15)5-9(10)13/h1-5,13H,(H,14,15). The fourth-order valence-corrected chi connectivity index (χ4v) is 1.72. The molecule has 0 bridgehead atoms. The van der Waals surface area contributed by atoms with Crippen molar-refractivity contribution in [3.05, 3.63) is 40.9 Å². The predicted molar refractivity (Wildman–Crippen MR) is 57.6 cm³/mol. The first-order valence-electron chi connectivity index (χ1n) is 4.25. The van der Waals surface area contributed by atoms with Crippen LogP contribution in [-0.4, -0.2) is 16.2 Å². The molecule has 0 heterocycles. The first-order chi connectivity index (χ1) is 7.11. The zero-order valence-corrected chi connectivity index (χ0v) is 8.32. The van der Waals surface area contributed by atoms with Crippen LogP contribution in [-0.2, 0) is 0 Å². The summed E-state index contributed by atoms with van der Waals surface area (Å²) in [5.74, 6) is -1.30. The van der Waals surface area contributed by atoms with E-state index in [1.165, 1.54) is 0 Å². The number of fused-ring (bicyclic) bond motifs is 1. The molecule has 3 nitrogen and oxygen atoms in total. The molecule has 0 spiro atoms. The van der Waals surface area contributed by atoms with E-state index in [0.717, 1.165) is 6.07 Å². The van der Waals surface area contributed by atoms with Gasteiger partial charge in [0.2, 0.25) is 0 Å². The van der Waals surface area contributed by atoms with Gasteiger partial charge in [0.25, 0.3) is 0 Å². The van der Waals surface area contributed by atoms with Crippen LogP contribution in [0.4, 0.5) is 0 Å². The second-order valence-corrected chi connectivity index (χ2v) is 3.49. The summed E-state index contributed by atoms with van der Waals surface area (Å²) in [6.07, 6.45) is 0. The topological polar surface area (TPSA) is 57.5 Å². The van der Waals surface area contributed by atoms with Gasteiger partial charge in [-0.15, -0.1) is 0 Å². The molecule has 0 unspecified atom stereocenters. The van der Waals surface area contributed by atoms with E-state index in [0.29, 0.717) is 10.8 Å². The molecule has 0 saturated carbocycles. The van der Waals surface area contributed by atoms with E-state index in [1.807, 2.05) is 0 Å². The number of rotatable bonds is 1. The first-order valence-corrected chi connectivity index (χ1v) is 4.62. The van der Waals surface area contributed by atoms with E-state index in [4.69, 9.17) is 16.7 Å². The van der Waals surface area contributed by atoms with Gasteiger partial charge in [-0.2, -0.15) is 0 Å². The largest absolute Gasteiger partial charge is 0.506 e. The number of aromatic hydroxyl groups is 1. The number of phenolic OH excluding ortho intramolecular Hbond substituents is 1. The molecular weight excluding hydrogens is 216 g/mol. The second-order valence-electron chi connectivity index (χ2n) is 3.11. The summed E-state index contributed by atoms with van der Waals surface area (Å²) in [6, 6.07) is 7.95. The van der Waals surface area contributed by atoms with Crippen molar-refractivity contribution in [3.8, 4) is 5.75 Å². The van der Waals surface area contributed by atoms with Crippen LogP contribution in [0.5, 0.6) is 5.75 Å². The van der Waals surface area contributed by atoms with Crippen molar-refractivity contribution in [2.75, 3.05) is 0 Å². The molecular formula is C11H7ClO3. The van der Waals surface area contributed by atoms with Crippen LogP contribution in [0.1, 0.15) is 10.4 Å². The van der Waals surface area contributed by atoms with Crippen molar-refractivity contribution in [1.29, 1.82) is 0 Å². The summed E-state index contributed by atoms with van der Waals surface area (Å²) in [4.78, 5) is 10.9. The van der Waals surface area contributed by atoms with Gasteiger partial charge < -0.3 is 10.2 Å². The van der Waals surface area contributed by atoms with E-state index in [2.05, 4.69) is 0 Å². The number of phenols is 1. The van der Waals surface area contributed by atoms with Crippen LogP contribution < -0.4 is 0 Å². The van der Waals surface area contributed by atoms with Crippen LogP contribution in [0.15, 0.2) is 30.3 Å². The highest BCUT2D eigenvalue weighted by molar-refractivity contribution is 6.37. The van der Waals surface area contributed by atoms with Gasteiger partial charge in [-0.25, -0.2) is 4.79 Å². The van der Waals surface area contributed by atoms with Crippen molar-refractivity contribution in [3.63, 3.8) is 0 Å². The molecule has 0 saturated heterocycles. The zero-order chi connectivity index (χ0) is 11.0. The van der Waals surface area contributed by atoms with Crippen LogP contribution in [0.2, 0.25) is 5.02 Å². The predicted octanol–water partition coefficient (Wildman–Crippen LogP) is 2.90. The third-order valence-corrected chi connectivity index (χ3v) is 2.59. The Hall–Kier alpha value is -1.74. The van der Waals surface area contributed by atoms with Gasteiger partial charge >= 0.3 is 5.97 Å². The number of hydrogen-bond donors (Lipinski definition) is 2. The van der Waals surface area contributed by atoms with Gasteiger partial charge in [-0.05, 0) is 11.5 Å². The Balaban J connectivity index is 2.94. The Kier molecular flexibility index (Phi) is 2.25. The van der Waals surface area contributed by atoms with Gasteiger partial charge in [0.05, 0.1) is 10.6 Å². The molecule has 0 aliphatic heterocycles. The lowest BCUT2D eigenvalue weighted by Gasteiger charge is -2.06. The Bertz CT molecular complexity index is 549. The van der Waals surface area contributed by atoms with Crippen LogP contribution in [0, 0.1) is 0 Å². The molecule has 0 atom stereocenters. The molecule has 0 aliphatic rings. The number of carbonyl (C=O) groups is 1. The summed E-state index contributed by atoms with van der Waals surface area (Å²) in [5, 5.41) is 19.6. The van der Waals surface area contributed by atoms with E-state index >= 15 is 0 Å². The van der Waals surface area contributed by atoms with Gasteiger partial charge in [0.15, 0.2) is 0 Å². The first kappa shape index (κ1) is 9.80. The van der Waals surface area contributed by atoms with Crippen molar-refractivity contribution in [2.45, 2.75) is 0 Å². The second kappa shape index (κ2) is 3.44. The van der Waals surface area contributed by atoms with Gasteiger partial charge in [-0.3, -0.25) is 0 Å². The highest BCUT2D eigenvalue weighted by Gasteiger charge is 2.13.